The van der Waals surface area contributed by atoms with E-state index in [0.29, 0.717) is 0 Å². The van der Waals surface area contributed by atoms with Crippen molar-refractivity contribution >= 4 is 16.9 Å². The molecular formula is C6H11OS. The lowest BCUT2D eigenvalue weighted by Crippen LogP contribution is -1.84. The van der Waals surface area contributed by atoms with E-state index in [1.807, 2.05) is 0 Å². The van der Waals surface area contributed by atoms with E-state index in [9.17, 15) is 4.79 Å². The van der Waals surface area contributed by atoms with E-state index >= 15 is 0 Å². The van der Waals surface area contributed by atoms with Gasteiger partial charge < -0.3 is 0 Å². The molecule has 0 unspecified atom stereocenters. The molecule has 0 spiro atoms. The van der Waals surface area contributed by atoms with E-state index in [0.717, 1.165) is 18.6 Å². The van der Waals surface area contributed by atoms with Gasteiger partial charge in [0.05, 0.1) is 0 Å². The molecule has 1 radical (unpaired) electrons. The summed E-state index contributed by atoms with van der Waals surface area (Å²) in [6, 6.07) is 0. The fourth-order valence-electron chi connectivity index (χ4n) is 0.318. The minimum absolute atomic E-state index is 0.207. The zero-order chi connectivity index (χ0) is 6.41. The summed E-state index contributed by atoms with van der Waals surface area (Å²) < 4.78 is 0. The molecule has 0 bridgehead atoms. The molecule has 0 aliphatic rings. The van der Waals surface area contributed by atoms with Crippen molar-refractivity contribution in [2.45, 2.75) is 19.8 Å². The number of unbranched alkanes of at least 4 members (excludes halogenated alkanes) is 1. The van der Waals surface area contributed by atoms with E-state index in [2.05, 4.69) is 6.92 Å². The van der Waals surface area contributed by atoms with E-state index in [4.69, 9.17) is 0 Å². The smallest absolute Gasteiger partial charge is 0.185 e. The summed E-state index contributed by atoms with van der Waals surface area (Å²) in [6.07, 6.45) is 1.98. The van der Waals surface area contributed by atoms with Crippen molar-refractivity contribution in [3.8, 4) is 0 Å². The van der Waals surface area contributed by atoms with Crippen LogP contribution in [-0.4, -0.2) is 10.9 Å². The first-order chi connectivity index (χ1) is 3.77. The van der Waals surface area contributed by atoms with Crippen LogP contribution in [0.3, 0.4) is 0 Å². The van der Waals surface area contributed by atoms with Crippen LogP contribution in [0.1, 0.15) is 19.8 Å². The van der Waals surface area contributed by atoms with Crippen molar-refractivity contribution in [2.75, 3.05) is 5.75 Å². The fourth-order valence-corrected chi connectivity index (χ4v) is 0.954. The molecule has 8 heavy (non-hydrogen) atoms. The highest BCUT2D eigenvalue weighted by Crippen LogP contribution is 2.03. The quantitative estimate of drug-likeness (QED) is 0.544. The number of thioether (sulfide) groups is 1. The third kappa shape index (κ3) is 6.02. The van der Waals surface area contributed by atoms with Crippen LogP contribution in [0, 0.1) is 6.92 Å². The summed E-state index contributed by atoms with van der Waals surface area (Å²) in [5.41, 5.74) is 0. The van der Waals surface area contributed by atoms with E-state index < -0.39 is 0 Å². The Kier molecular flexibility index (Phi) is 5.18. The van der Waals surface area contributed by atoms with Crippen LogP contribution in [0.2, 0.25) is 0 Å². The van der Waals surface area contributed by atoms with Gasteiger partial charge in [0.1, 0.15) is 0 Å². The second-order valence-corrected chi connectivity index (χ2v) is 2.82. The Morgan fingerprint density at radius 1 is 1.75 bits per heavy atom. The number of hydrogen-bond acceptors (Lipinski definition) is 2. The van der Waals surface area contributed by atoms with Crippen LogP contribution < -0.4 is 0 Å². The van der Waals surface area contributed by atoms with Gasteiger partial charge in [0.25, 0.3) is 0 Å². The third-order valence-electron chi connectivity index (χ3n) is 0.700. The van der Waals surface area contributed by atoms with Gasteiger partial charge >= 0.3 is 0 Å². The summed E-state index contributed by atoms with van der Waals surface area (Å²) >= 11 is 1.38. The van der Waals surface area contributed by atoms with Crippen LogP contribution >= 0.6 is 11.8 Å². The number of hydrogen-bond donors (Lipinski definition) is 0. The Labute approximate surface area is 54.8 Å². The van der Waals surface area contributed by atoms with E-state index in [1.165, 1.54) is 11.8 Å². The average Bonchev–Trinajstić information content (AvgIpc) is 1.66. The highest BCUT2D eigenvalue weighted by Gasteiger charge is 1.90. The predicted molar refractivity (Wildman–Crippen MR) is 37.7 cm³/mol. The standard InChI is InChI=1S/C6H11OS/c1-3-4-5-8-6(2)7/h1,3-5H2,2H3. The summed E-state index contributed by atoms with van der Waals surface area (Å²) in [4.78, 5) is 10.3. The van der Waals surface area contributed by atoms with Crippen molar-refractivity contribution in [1.82, 2.24) is 0 Å². The molecule has 1 nitrogen and oxygen atoms in total. The summed E-state index contributed by atoms with van der Waals surface area (Å²) in [5.74, 6) is 0.929. The lowest BCUT2D eigenvalue weighted by atomic mass is 10.4. The lowest BCUT2D eigenvalue weighted by Gasteiger charge is -1.90. The maximum Gasteiger partial charge on any atom is 0.185 e. The van der Waals surface area contributed by atoms with E-state index in [-0.39, 0.29) is 5.12 Å². The molecule has 2 heteroatoms. The Morgan fingerprint density at radius 3 is 2.75 bits per heavy atom. The second-order valence-electron chi connectivity index (χ2n) is 1.55. The highest BCUT2D eigenvalue weighted by molar-refractivity contribution is 8.13. The Bertz CT molecular complexity index is 70.9. The first kappa shape index (κ1) is 8.02. The molecule has 47 valence electrons. The molecule has 0 fully saturated rings. The van der Waals surface area contributed by atoms with Crippen molar-refractivity contribution in [1.29, 1.82) is 0 Å². The number of carbonyl (C=O) groups excluding carboxylic acids is 1. The Balaban J connectivity index is 2.82. The molecule has 0 amide bonds. The van der Waals surface area contributed by atoms with Crippen molar-refractivity contribution in [3.05, 3.63) is 6.92 Å². The molecule has 0 aromatic heterocycles. The topological polar surface area (TPSA) is 17.1 Å². The van der Waals surface area contributed by atoms with Crippen LogP contribution in [0.25, 0.3) is 0 Å². The fraction of sp³-hybridized carbons (Fsp3) is 0.667. The molecule has 0 aliphatic heterocycles. The van der Waals surface area contributed by atoms with Gasteiger partial charge in [-0.25, -0.2) is 0 Å². The van der Waals surface area contributed by atoms with Gasteiger partial charge in [-0.3, -0.25) is 4.79 Å². The molecule has 0 N–H and O–H groups in total. The zero-order valence-electron chi connectivity index (χ0n) is 5.14. The normalized spacial score (nSPS) is 9.25. The minimum atomic E-state index is 0.207. The van der Waals surface area contributed by atoms with Gasteiger partial charge in [0.15, 0.2) is 5.12 Å². The van der Waals surface area contributed by atoms with Crippen molar-refractivity contribution < 1.29 is 4.79 Å². The van der Waals surface area contributed by atoms with Crippen LogP contribution in [0.4, 0.5) is 0 Å². The first-order valence-corrected chi connectivity index (χ1v) is 3.68. The molecule has 0 rings (SSSR count). The average molecular weight is 131 g/mol. The molecule has 0 aromatic rings. The molecule has 0 saturated heterocycles. The maximum atomic E-state index is 10.3. The van der Waals surface area contributed by atoms with Gasteiger partial charge in [-0.05, 0) is 6.42 Å². The Morgan fingerprint density at radius 2 is 2.38 bits per heavy atom. The molecule has 0 saturated carbocycles. The SMILES string of the molecule is [CH2]CCCSC(C)=O. The van der Waals surface area contributed by atoms with Gasteiger partial charge in [-0.15, -0.1) is 0 Å². The van der Waals surface area contributed by atoms with Crippen LogP contribution in [-0.2, 0) is 4.79 Å². The van der Waals surface area contributed by atoms with Crippen LogP contribution in [0.15, 0.2) is 0 Å². The molecule has 0 atom stereocenters. The number of carbonyl (C=O) groups is 1. The van der Waals surface area contributed by atoms with Gasteiger partial charge in [0.2, 0.25) is 0 Å². The number of rotatable bonds is 3. The second kappa shape index (κ2) is 5.16. The molecule has 0 aliphatic carbocycles. The Hall–Kier alpha value is 0.0200. The monoisotopic (exact) mass is 131 g/mol. The minimum Gasteiger partial charge on any atom is -0.288 e. The molecular weight excluding hydrogens is 120 g/mol. The third-order valence-corrected chi connectivity index (χ3v) is 1.60. The van der Waals surface area contributed by atoms with Gasteiger partial charge in [-0.2, -0.15) is 0 Å². The molecule has 0 heterocycles. The lowest BCUT2D eigenvalue weighted by molar-refractivity contribution is -0.109. The summed E-state index contributed by atoms with van der Waals surface area (Å²) in [7, 11) is 0. The van der Waals surface area contributed by atoms with Gasteiger partial charge in [0, 0.05) is 12.7 Å². The van der Waals surface area contributed by atoms with Gasteiger partial charge in [-0.1, -0.05) is 25.1 Å². The zero-order valence-corrected chi connectivity index (χ0v) is 5.96. The van der Waals surface area contributed by atoms with Crippen molar-refractivity contribution in [3.63, 3.8) is 0 Å². The van der Waals surface area contributed by atoms with E-state index in [1.54, 1.807) is 6.92 Å². The highest BCUT2D eigenvalue weighted by atomic mass is 32.2. The molecule has 0 aromatic carbocycles. The first-order valence-electron chi connectivity index (χ1n) is 2.70. The summed E-state index contributed by atoms with van der Waals surface area (Å²) in [5, 5.41) is 0.207. The largest absolute Gasteiger partial charge is 0.288 e. The van der Waals surface area contributed by atoms with Crippen LogP contribution in [0.5, 0.6) is 0 Å². The summed E-state index contributed by atoms with van der Waals surface area (Å²) in [6.45, 7) is 5.25. The van der Waals surface area contributed by atoms with Crippen molar-refractivity contribution in [2.24, 2.45) is 0 Å². The predicted octanol–water partition coefficient (Wildman–Crippen LogP) is 1.88. The maximum absolute atomic E-state index is 10.3.